The van der Waals surface area contributed by atoms with Gasteiger partial charge in [-0.15, -0.1) is 11.3 Å². The molecule has 5 rings (SSSR count). The second kappa shape index (κ2) is 11.8. The second-order valence-electron chi connectivity index (χ2n) is 10.1. The van der Waals surface area contributed by atoms with E-state index in [4.69, 9.17) is 14.3 Å². The van der Waals surface area contributed by atoms with Crippen molar-refractivity contribution < 1.29 is 32.3 Å². The Bertz CT molecular complexity index is 1250. The van der Waals surface area contributed by atoms with Crippen LogP contribution in [-0.2, 0) is 38.5 Å². The van der Waals surface area contributed by atoms with Crippen molar-refractivity contribution >= 4 is 38.7 Å². The summed E-state index contributed by atoms with van der Waals surface area (Å²) in [5.41, 5.74) is 3.96. The molecule has 0 bridgehead atoms. The lowest BCUT2D eigenvalue weighted by atomic mass is 9.94. The van der Waals surface area contributed by atoms with Gasteiger partial charge in [-0.1, -0.05) is 18.6 Å². The van der Waals surface area contributed by atoms with Crippen molar-refractivity contribution in [1.82, 2.24) is 5.48 Å². The molecule has 0 radical (unpaired) electrons. The van der Waals surface area contributed by atoms with Crippen LogP contribution in [0.15, 0.2) is 36.4 Å². The number of hydrogen-bond acceptors (Lipinski definition) is 8. The number of ether oxygens (including phenoxy) is 2. The predicted octanol–water partition coefficient (Wildman–Crippen LogP) is 4.29. The number of carbonyl (C=O) groups is 2. The first-order valence-corrected chi connectivity index (χ1v) is 15.7. The van der Waals surface area contributed by atoms with Crippen LogP contribution in [-0.4, -0.2) is 51.6 Å². The highest BCUT2D eigenvalue weighted by molar-refractivity contribution is 7.92. The molecule has 1 aromatic heterocycles. The lowest BCUT2D eigenvalue weighted by Gasteiger charge is -2.35. The highest BCUT2D eigenvalue weighted by atomic mass is 32.2. The zero-order valence-corrected chi connectivity index (χ0v) is 22.9. The Labute approximate surface area is 227 Å². The predicted molar refractivity (Wildman–Crippen MR) is 144 cm³/mol. The minimum atomic E-state index is -3.59. The molecule has 3 fully saturated rings. The Morgan fingerprint density at radius 1 is 1.03 bits per heavy atom. The Hall–Kier alpha value is -2.31. The molecule has 3 aliphatic rings. The molecule has 0 aliphatic carbocycles. The molecular formula is C27H34N2O7S2. The van der Waals surface area contributed by atoms with Gasteiger partial charge in [-0.2, -0.15) is 0 Å². The summed E-state index contributed by atoms with van der Waals surface area (Å²) in [5.74, 6) is -0.589. The number of anilines is 1. The van der Waals surface area contributed by atoms with Gasteiger partial charge in [0.05, 0.1) is 12.2 Å². The van der Waals surface area contributed by atoms with E-state index in [1.54, 1.807) is 0 Å². The van der Waals surface area contributed by atoms with Crippen LogP contribution in [0, 0.1) is 0 Å². The zero-order valence-electron chi connectivity index (χ0n) is 21.3. The monoisotopic (exact) mass is 562 g/mol. The van der Waals surface area contributed by atoms with Crippen molar-refractivity contribution in [2.45, 2.75) is 74.9 Å². The van der Waals surface area contributed by atoms with Crippen molar-refractivity contribution in [1.29, 1.82) is 0 Å². The topological polar surface area (TPSA) is 120 Å². The molecule has 2 amide bonds. The number of sulfone groups is 1. The van der Waals surface area contributed by atoms with E-state index < -0.39 is 32.9 Å². The van der Waals surface area contributed by atoms with Gasteiger partial charge < -0.3 is 14.8 Å². The highest BCUT2D eigenvalue weighted by Gasteiger charge is 2.49. The minimum Gasteiger partial charge on any atom is -0.368 e. The first-order valence-electron chi connectivity index (χ1n) is 13.3. The third-order valence-corrected chi connectivity index (χ3v) is 11.5. The molecule has 3 saturated heterocycles. The van der Waals surface area contributed by atoms with Crippen molar-refractivity contribution in [2.75, 3.05) is 24.3 Å². The molecule has 3 atom stereocenters. The first-order chi connectivity index (χ1) is 18.4. The molecule has 11 heteroatoms. The van der Waals surface area contributed by atoms with Crippen LogP contribution in [0.1, 0.15) is 62.7 Å². The SMILES string of the molecule is O=C(C[C@]1(c2ccc(-c3cccc(NC(=O)C4CCCO4)c3)s2)CCCCS1(=O)=O)NOC1CCCCO1. The number of hydrogen-bond donors (Lipinski definition) is 2. The van der Waals surface area contributed by atoms with Crippen molar-refractivity contribution in [3.63, 3.8) is 0 Å². The zero-order chi connectivity index (χ0) is 26.6. The van der Waals surface area contributed by atoms with Gasteiger partial charge in [0, 0.05) is 35.1 Å². The Morgan fingerprint density at radius 2 is 1.89 bits per heavy atom. The normalized spacial score (nSPS) is 27.1. The van der Waals surface area contributed by atoms with Gasteiger partial charge in [0.25, 0.3) is 5.91 Å². The quantitative estimate of drug-likeness (QED) is 0.461. The van der Waals surface area contributed by atoms with Crippen LogP contribution in [0.4, 0.5) is 5.69 Å². The Kier molecular flexibility index (Phi) is 8.49. The average Bonchev–Trinajstić information content (AvgIpc) is 3.63. The smallest absolute Gasteiger partial charge is 0.253 e. The van der Waals surface area contributed by atoms with E-state index in [-0.39, 0.29) is 18.1 Å². The van der Waals surface area contributed by atoms with Gasteiger partial charge in [0.1, 0.15) is 10.9 Å². The van der Waals surface area contributed by atoms with E-state index >= 15 is 0 Å². The fourth-order valence-corrected chi connectivity index (χ4v) is 9.12. The lowest BCUT2D eigenvalue weighted by Crippen LogP contribution is -2.45. The number of benzene rings is 1. The van der Waals surface area contributed by atoms with Crippen LogP contribution in [0.3, 0.4) is 0 Å². The van der Waals surface area contributed by atoms with Gasteiger partial charge in [0.2, 0.25) is 5.91 Å². The largest absolute Gasteiger partial charge is 0.368 e. The van der Waals surface area contributed by atoms with E-state index in [2.05, 4.69) is 10.8 Å². The van der Waals surface area contributed by atoms with E-state index in [1.807, 2.05) is 36.4 Å². The van der Waals surface area contributed by atoms with Crippen molar-refractivity contribution in [3.05, 3.63) is 41.3 Å². The molecule has 206 valence electrons. The Balaban J connectivity index is 1.34. The molecule has 4 heterocycles. The third-order valence-electron chi connectivity index (χ3n) is 7.42. The van der Waals surface area contributed by atoms with Crippen LogP contribution in [0.25, 0.3) is 10.4 Å². The van der Waals surface area contributed by atoms with Crippen molar-refractivity contribution in [3.8, 4) is 10.4 Å². The van der Waals surface area contributed by atoms with E-state index in [9.17, 15) is 18.0 Å². The fraction of sp³-hybridized carbons (Fsp3) is 0.556. The summed E-state index contributed by atoms with van der Waals surface area (Å²) in [7, 11) is -3.59. The molecule has 38 heavy (non-hydrogen) atoms. The van der Waals surface area contributed by atoms with E-state index in [1.165, 1.54) is 11.3 Å². The van der Waals surface area contributed by atoms with Gasteiger partial charge in [0.15, 0.2) is 16.1 Å². The second-order valence-corrected chi connectivity index (χ2v) is 13.6. The number of thiophene rings is 1. The van der Waals surface area contributed by atoms with Crippen LogP contribution < -0.4 is 10.8 Å². The van der Waals surface area contributed by atoms with Gasteiger partial charge in [-0.3, -0.25) is 9.59 Å². The molecule has 2 unspecified atom stereocenters. The number of hydroxylamine groups is 1. The molecule has 2 N–H and O–H groups in total. The Morgan fingerprint density at radius 3 is 2.66 bits per heavy atom. The summed E-state index contributed by atoms with van der Waals surface area (Å²) in [4.78, 5) is 32.4. The van der Waals surface area contributed by atoms with Gasteiger partial charge >= 0.3 is 0 Å². The minimum absolute atomic E-state index is 0.0465. The summed E-state index contributed by atoms with van der Waals surface area (Å²) in [6.45, 7) is 1.18. The van der Waals surface area contributed by atoms with Crippen molar-refractivity contribution in [2.24, 2.45) is 0 Å². The lowest BCUT2D eigenvalue weighted by molar-refractivity contribution is -0.200. The highest BCUT2D eigenvalue weighted by Crippen LogP contribution is 2.47. The third kappa shape index (κ3) is 5.96. The molecular weight excluding hydrogens is 528 g/mol. The molecule has 0 saturated carbocycles. The van der Waals surface area contributed by atoms with Crippen LogP contribution in [0.2, 0.25) is 0 Å². The van der Waals surface area contributed by atoms with E-state index in [0.717, 1.165) is 36.1 Å². The number of nitrogens with one attached hydrogen (secondary N) is 2. The first kappa shape index (κ1) is 27.3. The van der Waals surface area contributed by atoms with E-state index in [0.29, 0.717) is 49.5 Å². The standard InChI is InChI=1S/C27H34N2O7S2/c30-24(29-36-25-10-1-3-14-35-25)18-27(13-2-4-16-38(27,32)33)23-12-11-22(37-23)19-7-5-8-20(17-19)28-26(31)21-9-6-15-34-21/h5,7-8,11-12,17,21,25H,1-4,6,9-10,13-16,18H2,(H,28,31)(H,29,30)/t21?,25?,27-/m0/s1. The molecule has 3 aliphatic heterocycles. The average molecular weight is 563 g/mol. The van der Waals surface area contributed by atoms with Crippen LogP contribution >= 0.6 is 11.3 Å². The molecule has 1 aromatic carbocycles. The summed E-state index contributed by atoms with van der Waals surface area (Å²) in [6, 6.07) is 11.2. The number of carbonyl (C=O) groups excluding carboxylic acids is 2. The number of amides is 2. The fourth-order valence-electron chi connectivity index (χ4n) is 5.34. The summed E-state index contributed by atoms with van der Waals surface area (Å²) in [5, 5.41) is 2.92. The molecule has 0 spiro atoms. The summed E-state index contributed by atoms with van der Waals surface area (Å²) in [6.07, 6.45) is 4.72. The molecule has 2 aromatic rings. The number of rotatable bonds is 8. The maximum absolute atomic E-state index is 13.5. The van der Waals surface area contributed by atoms with Gasteiger partial charge in [-0.05, 0) is 68.4 Å². The van der Waals surface area contributed by atoms with Gasteiger partial charge in [-0.25, -0.2) is 18.7 Å². The molecule has 9 nitrogen and oxygen atoms in total. The summed E-state index contributed by atoms with van der Waals surface area (Å²) >= 11 is 1.37. The maximum atomic E-state index is 13.5. The maximum Gasteiger partial charge on any atom is 0.253 e. The van der Waals surface area contributed by atoms with Crippen LogP contribution in [0.5, 0.6) is 0 Å². The summed E-state index contributed by atoms with van der Waals surface area (Å²) < 4.78 is 36.7.